The number of benzene rings is 1. The number of carbonyl (C=O) groups is 1. The number of pyridine rings is 1. The zero-order valence-corrected chi connectivity index (χ0v) is 14.3. The van der Waals surface area contributed by atoms with Gasteiger partial charge in [-0.15, -0.1) is 0 Å². The van der Waals surface area contributed by atoms with Crippen LogP contribution in [0.25, 0.3) is 5.65 Å². The zero-order valence-electron chi connectivity index (χ0n) is 14.3. The first-order valence-corrected chi connectivity index (χ1v) is 8.65. The van der Waals surface area contributed by atoms with Crippen molar-refractivity contribution in [2.45, 2.75) is 26.2 Å². The van der Waals surface area contributed by atoms with E-state index in [9.17, 15) is 4.79 Å². The van der Waals surface area contributed by atoms with E-state index < -0.39 is 0 Å². The summed E-state index contributed by atoms with van der Waals surface area (Å²) in [6.45, 7) is 3.35. The summed E-state index contributed by atoms with van der Waals surface area (Å²) in [7, 11) is 0. The number of anilines is 1. The van der Waals surface area contributed by atoms with Crippen LogP contribution in [0.5, 0.6) is 0 Å². The first-order valence-electron chi connectivity index (χ1n) is 8.65. The molecule has 1 aromatic carbocycles. The maximum atomic E-state index is 12.7. The minimum Gasteiger partial charge on any atom is -0.324 e. The Balaban J connectivity index is 1.46. The van der Waals surface area contributed by atoms with E-state index in [1.165, 1.54) is 11.1 Å². The highest BCUT2D eigenvalue weighted by Gasteiger charge is 2.17. The van der Waals surface area contributed by atoms with Crippen molar-refractivity contribution < 1.29 is 4.79 Å². The van der Waals surface area contributed by atoms with Crippen LogP contribution in [-0.2, 0) is 12.8 Å². The molecule has 1 N–H and O–H groups in total. The monoisotopic (exact) mass is 335 g/mol. The van der Waals surface area contributed by atoms with Crippen molar-refractivity contribution in [2.24, 2.45) is 0 Å². The molecule has 2 amide bonds. The van der Waals surface area contributed by atoms with Gasteiger partial charge >= 0.3 is 6.03 Å². The lowest BCUT2D eigenvalue weighted by Crippen LogP contribution is -2.38. The molecule has 0 atom stereocenters. The molecule has 3 aromatic rings. The quantitative estimate of drug-likeness (QED) is 0.743. The van der Waals surface area contributed by atoms with Crippen LogP contribution in [0.4, 0.5) is 10.5 Å². The van der Waals surface area contributed by atoms with Gasteiger partial charge in [0.15, 0.2) is 5.65 Å². The third-order valence-corrected chi connectivity index (χ3v) is 4.62. The Hall–Kier alpha value is -2.89. The number of amides is 2. The highest BCUT2D eigenvalue weighted by Crippen LogP contribution is 2.17. The average molecular weight is 335 g/mol. The second-order valence-corrected chi connectivity index (χ2v) is 6.42. The zero-order chi connectivity index (χ0) is 17.2. The van der Waals surface area contributed by atoms with Gasteiger partial charge in [-0.25, -0.2) is 14.3 Å². The second-order valence-electron chi connectivity index (χ2n) is 6.42. The average Bonchev–Trinajstić information content (AvgIpc) is 2.95. The lowest BCUT2D eigenvalue weighted by molar-refractivity contribution is 0.210. The van der Waals surface area contributed by atoms with Crippen LogP contribution in [-0.4, -0.2) is 38.6 Å². The van der Waals surface area contributed by atoms with Crippen molar-refractivity contribution in [1.29, 1.82) is 0 Å². The van der Waals surface area contributed by atoms with E-state index in [4.69, 9.17) is 0 Å². The molecule has 2 aromatic heterocycles. The molecule has 0 radical (unpaired) electrons. The summed E-state index contributed by atoms with van der Waals surface area (Å²) in [5.41, 5.74) is 4.26. The van der Waals surface area contributed by atoms with E-state index in [1.807, 2.05) is 24.0 Å². The Morgan fingerprint density at radius 3 is 2.72 bits per heavy atom. The van der Waals surface area contributed by atoms with Crippen molar-refractivity contribution >= 4 is 17.4 Å². The summed E-state index contributed by atoms with van der Waals surface area (Å²) in [4.78, 5) is 18.8. The molecular formula is C19H21N5O. The molecule has 25 heavy (non-hydrogen) atoms. The topological polar surface area (TPSA) is 62.5 Å². The summed E-state index contributed by atoms with van der Waals surface area (Å²) in [5.74, 6) is 0.714. The summed E-state index contributed by atoms with van der Waals surface area (Å²) in [6, 6.07) is 12.2. The lowest BCUT2D eigenvalue weighted by atomic mass is 9.98. The number of nitrogens with one attached hydrogen (secondary N) is 1. The Morgan fingerprint density at radius 2 is 1.88 bits per heavy atom. The molecule has 3 heterocycles. The molecule has 1 aliphatic rings. The van der Waals surface area contributed by atoms with Crippen LogP contribution in [0.3, 0.4) is 0 Å². The fourth-order valence-electron chi connectivity index (χ4n) is 3.35. The standard InChI is InChI=1S/C19H21N5O/c1-14-20-18-9-8-17(13-24(18)22-14)21-19(25)23-11-4-7-15-5-2-3-6-16(15)10-12-23/h2-3,5-6,8-9,13H,4,7,10-12H2,1H3,(H,21,25). The fourth-order valence-corrected chi connectivity index (χ4v) is 3.35. The number of nitrogens with zero attached hydrogens (tertiary/aromatic N) is 4. The molecule has 0 saturated carbocycles. The van der Waals surface area contributed by atoms with Gasteiger partial charge in [0.2, 0.25) is 0 Å². The van der Waals surface area contributed by atoms with Crippen LogP contribution < -0.4 is 5.32 Å². The van der Waals surface area contributed by atoms with Crippen LogP contribution in [0.15, 0.2) is 42.6 Å². The number of fused-ring (bicyclic) bond motifs is 2. The molecular weight excluding hydrogens is 314 g/mol. The summed E-state index contributed by atoms with van der Waals surface area (Å²) in [6.07, 6.45) is 4.69. The molecule has 0 bridgehead atoms. The Labute approximate surface area is 146 Å². The van der Waals surface area contributed by atoms with Gasteiger partial charge in [-0.05, 0) is 49.4 Å². The Kier molecular flexibility index (Phi) is 4.09. The molecule has 4 rings (SSSR count). The van der Waals surface area contributed by atoms with Gasteiger partial charge in [-0.1, -0.05) is 24.3 Å². The van der Waals surface area contributed by atoms with Gasteiger partial charge in [-0.2, -0.15) is 5.10 Å². The van der Waals surface area contributed by atoms with Gasteiger partial charge in [0.1, 0.15) is 5.82 Å². The van der Waals surface area contributed by atoms with Gasteiger partial charge in [0, 0.05) is 13.1 Å². The van der Waals surface area contributed by atoms with Crippen LogP contribution in [0.1, 0.15) is 23.4 Å². The molecule has 1 aliphatic heterocycles. The first-order chi connectivity index (χ1) is 12.2. The third-order valence-electron chi connectivity index (χ3n) is 4.62. The number of aryl methyl sites for hydroxylation is 2. The molecule has 0 fully saturated rings. The van der Waals surface area contributed by atoms with Crippen molar-refractivity contribution in [3.05, 3.63) is 59.5 Å². The minimum atomic E-state index is -0.0597. The number of hydrogen-bond acceptors (Lipinski definition) is 3. The predicted molar refractivity (Wildman–Crippen MR) is 96.8 cm³/mol. The van der Waals surface area contributed by atoms with Gasteiger partial charge in [0.25, 0.3) is 0 Å². The smallest absolute Gasteiger partial charge is 0.321 e. The van der Waals surface area contributed by atoms with E-state index in [-0.39, 0.29) is 6.03 Å². The fraction of sp³-hybridized carbons (Fsp3) is 0.316. The molecule has 0 unspecified atom stereocenters. The third kappa shape index (κ3) is 3.33. The lowest BCUT2D eigenvalue weighted by Gasteiger charge is -2.26. The van der Waals surface area contributed by atoms with Gasteiger partial charge in [-0.3, -0.25) is 0 Å². The minimum absolute atomic E-state index is 0.0597. The molecule has 6 heteroatoms. The SMILES string of the molecule is Cc1nc2ccc(NC(=O)N3CCCc4ccccc4CC3)cn2n1. The molecule has 6 nitrogen and oxygen atoms in total. The van der Waals surface area contributed by atoms with Crippen LogP contribution in [0.2, 0.25) is 0 Å². The van der Waals surface area contributed by atoms with E-state index in [0.29, 0.717) is 5.82 Å². The maximum Gasteiger partial charge on any atom is 0.321 e. The highest BCUT2D eigenvalue weighted by atomic mass is 16.2. The first kappa shape index (κ1) is 15.6. The highest BCUT2D eigenvalue weighted by molar-refractivity contribution is 5.89. The number of urea groups is 1. The van der Waals surface area contributed by atoms with Crippen molar-refractivity contribution in [3.8, 4) is 0 Å². The number of hydrogen-bond donors (Lipinski definition) is 1. The van der Waals surface area contributed by atoms with Crippen LogP contribution >= 0.6 is 0 Å². The maximum absolute atomic E-state index is 12.7. The Morgan fingerprint density at radius 1 is 1.08 bits per heavy atom. The van der Waals surface area contributed by atoms with E-state index in [0.717, 1.165) is 43.7 Å². The number of rotatable bonds is 1. The second kappa shape index (κ2) is 6.55. The normalized spacial score (nSPS) is 14.7. The van der Waals surface area contributed by atoms with Crippen molar-refractivity contribution in [2.75, 3.05) is 18.4 Å². The Bertz CT molecular complexity index is 917. The number of aromatic nitrogens is 3. The number of carbonyl (C=O) groups excluding carboxylic acids is 1. The van der Waals surface area contributed by atoms with E-state index in [1.54, 1.807) is 10.7 Å². The molecule has 128 valence electrons. The van der Waals surface area contributed by atoms with Gasteiger partial charge in [0.05, 0.1) is 11.9 Å². The summed E-state index contributed by atoms with van der Waals surface area (Å²) in [5, 5.41) is 7.27. The molecule has 0 spiro atoms. The molecule has 0 aliphatic carbocycles. The van der Waals surface area contributed by atoms with Gasteiger partial charge < -0.3 is 10.2 Å². The predicted octanol–water partition coefficient (Wildman–Crippen LogP) is 3.06. The van der Waals surface area contributed by atoms with Crippen molar-refractivity contribution in [3.63, 3.8) is 0 Å². The van der Waals surface area contributed by atoms with E-state index in [2.05, 4.69) is 39.7 Å². The van der Waals surface area contributed by atoms with Crippen LogP contribution in [0, 0.1) is 6.92 Å². The molecule has 0 saturated heterocycles. The summed E-state index contributed by atoms with van der Waals surface area (Å²) >= 11 is 0. The van der Waals surface area contributed by atoms with Crippen molar-refractivity contribution in [1.82, 2.24) is 19.5 Å². The van der Waals surface area contributed by atoms with E-state index >= 15 is 0 Å². The summed E-state index contributed by atoms with van der Waals surface area (Å²) < 4.78 is 1.69. The largest absolute Gasteiger partial charge is 0.324 e.